The van der Waals surface area contributed by atoms with Gasteiger partial charge in [-0.3, -0.25) is 0 Å². The minimum atomic E-state index is -0.403. The van der Waals surface area contributed by atoms with Crippen LogP contribution in [0, 0.1) is 0 Å². The Hall–Kier alpha value is -1.65. The predicted molar refractivity (Wildman–Crippen MR) is 93.5 cm³/mol. The van der Waals surface area contributed by atoms with Gasteiger partial charge in [-0.1, -0.05) is 30.5 Å². The van der Waals surface area contributed by atoms with Crippen molar-refractivity contribution in [1.82, 2.24) is 0 Å². The molecule has 0 heterocycles. The van der Waals surface area contributed by atoms with Crippen molar-refractivity contribution in [2.75, 3.05) is 6.26 Å². The molecule has 0 aliphatic heterocycles. The van der Waals surface area contributed by atoms with Crippen molar-refractivity contribution in [3.63, 3.8) is 0 Å². The molecule has 0 amide bonds. The van der Waals surface area contributed by atoms with Gasteiger partial charge in [-0.15, -0.1) is 11.8 Å². The number of carbonyl (C=O) groups is 1. The van der Waals surface area contributed by atoms with Gasteiger partial charge in [0.1, 0.15) is 6.10 Å². The zero-order valence-electron chi connectivity index (χ0n) is 12.6. The van der Waals surface area contributed by atoms with Crippen molar-refractivity contribution >= 4 is 29.5 Å². The van der Waals surface area contributed by atoms with E-state index in [0.717, 1.165) is 10.5 Å². The van der Waals surface area contributed by atoms with Crippen LogP contribution in [0.25, 0.3) is 0 Å². The summed E-state index contributed by atoms with van der Waals surface area (Å²) in [4.78, 5) is 14.8. The zero-order chi connectivity index (χ0) is 15.9. The van der Waals surface area contributed by atoms with Crippen LogP contribution in [-0.2, 0) is 9.53 Å². The highest BCUT2D eigenvalue weighted by atomic mass is 32.2. The average Bonchev–Trinajstić information content (AvgIpc) is 2.56. The van der Waals surface area contributed by atoms with Gasteiger partial charge in [0.2, 0.25) is 0 Å². The molecular weight excluding hydrogens is 312 g/mol. The van der Waals surface area contributed by atoms with Crippen LogP contribution in [0.2, 0.25) is 0 Å². The van der Waals surface area contributed by atoms with E-state index in [1.807, 2.05) is 31.2 Å². The number of rotatable bonds is 6. The summed E-state index contributed by atoms with van der Waals surface area (Å²) in [6, 6.07) is 16.6. The summed E-state index contributed by atoms with van der Waals surface area (Å²) >= 11 is 3.45. The second-order valence-corrected chi connectivity index (χ2v) is 6.66. The molecule has 0 fully saturated rings. The van der Waals surface area contributed by atoms with Gasteiger partial charge in [-0.2, -0.15) is 0 Å². The topological polar surface area (TPSA) is 26.3 Å². The van der Waals surface area contributed by atoms with Gasteiger partial charge in [0.05, 0.1) is 0 Å². The van der Waals surface area contributed by atoms with Gasteiger partial charge in [-0.25, -0.2) is 4.79 Å². The maximum absolute atomic E-state index is 11.2. The van der Waals surface area contributed by atoms with E-state index in [1.165, 1.54) is 15.9 Å². The van der Waals surface area contributed by atoms with E-state index < -0.39 is 5.97 Å². The maximum Gasteiger partial charge on any atom is 0.330 e. The molecule has 2 aromatic carbocycles. The highest BCUT2D eigenvalue weighted by Gasteiger charge is 2.09. The van der Waals surface area contributed by atoms with Gasteiger partial charge >= 0.3 is 5.97 Å². The van der Waals surface area contributed by atoms with E-state index in [-0.39, 0.29) is 6.10 Å². The summed E-state index contributed by atoms with van der Waals surface area (Å²) in [5.41, 5.74) is 0.970. The van der Waals surface area contributed by atoms with Gasteiger partial charge in [0, 0.05) is 20.8 Å². The number of ether oxygens (including phenoxy) is 1. The average molecular weight is 330 g/mol. The lowest BCUT2D eigenvalue weighted by atomic mass is 10.1. The van der Waals surface area contributed by atoms with Crippen LogP contribution in [0.15, 0.2) is 75.9 Å². The monoisotopic (exact) mass is 330 g/mol. The molecule has 0 aliphatic carbocycles. The third kappa shape index (κ3) is 4.68. The minimum Gasteiger partial charge on any atom is -0.455 e. The molecule has 2 aromatic rings. The molecule has 4 heteroatoms. The molecule has 0 radical (unpaired) electrons. The van der Waals surface area contributed by atoms with Crippen LogP contribution >= 0.6 is 23.5 Å². The third-order valence-corrected chi connectivity index (χ3v) is 4.86. The second-order valence-electron chi connectivity index (χ2n) is 4.63. The van der Waals surface area contributed by atoms with Crippen molar-refractivity contribution in [3.8, 4) is 0 Å². The second kappa shape index (κ2) is 8.11. The maximum atomic E-state index is 11.2. The molecule has 0 spiro atoms. The summed E-state index contributed by atoms with van der Waals surface area (Å²) in [6.45, 7) is 5.25. The lowest BCUT2D eigenvalue weighted by molar-refractivity contribution is -0.142. The number of carbonyl (C=O) groups excluding carboxylic acids is 1. The van der Waals surface area contributed by atoms with Crippen LogP contribution < -0.4 is 0 Å². The Morgan fingerprint density at radius 2 is 1.55 bits per heavy atom. The highest BCUT2D eigenvalue weighted by Crippen LogP contribution is 2.30. The van der Waals surface area contributed by atoms with Crippen molar-refractivity contribution in [2.24, 2.45) is 0 Å². The Morgan fingerprint density at radius 3 is 2.05 bits per heavy atom. The molecule has 0 aliphatic rings. The van der Waals surface area contributed by atoms with Crippen LogP contribution in [0.3, 0.4) is 0 Å². The van der Waals surface area contributed by atoms with E-state index in [1.54, 1.807) is 23.5 Å². The van der Waals surface area contributed by atoms with E-state index >= 15 is 0 Å². The number of esters is 1. The Balaban J connectivity index is 2.01. The third-order valence-electron chi connectivity index (χ3n) is 3.10. The Bertz CT molecular complexity index is 633. The van der Waals surface area contributed by atoms with E-state index in [9.17, 15) is 4.79 Å². The fraction of sp³-hybridized carbons (Fsp3) is 0.167. The molecule has 0 bridgehead atoms. The summed E-state index contributed by atoms with van der Waals surface area (Å²) in [6.07, 6.45) is 2.98. The van der Waals surface area contributed by atoms with E-state index in [0.29, 0.717) is 0 Å². The van der Waals surface area contributed by atoms with Crippen molar-refractivity contribution in [2.45, 2.75) is 27.7 Å². The number of hydrogen-bond donors (Lipinski definition) is 0. The molecule has 2 nitrogen and oxygen atoms in total. The first-order valence-corrected chi connectivity index (χ1v) is 8.91. The van der Waals surface area contributed by atoms with Crippen LogP contribution in [0.1, 0.15) is 18.6 Å². The fourth-order valence-corrected chi connectivity index (χ4v) is 3.10. The summed E-state index contributed by atoms with van der Waals surface area (Å²) in [5.74, 6) is -0.403. The standard InChI is InChI=1S/C18H18O2S2/c1-4-18(19)20-13(2)14-5-7-16(8-6-14)22-17-11-9-15(21-3)10-12-17/h4-13H,1H2,2-3H3. The van der Waals surface area contributed by atoms with Crippen LogP contribution in [0.4, 0.5) is 0 Å². The van der Waals surface area contributed by atoms with E-state index in [2.05, 4.69) is 37.1 Å². The smallest absolute Gasteiger partial charge is 0.330 e. The molecule has 0 N–H and O–H groups in total. The zero-order valence-corrected chi connectivity index (χ0v) is 14.2. The number of hydrogen-bond acceptors (Lipinski definition) is 4. The molecule has 114 valence electrons. The normalized spacial score (nSPS) is 11.7. The highest BCUT2D eigenvalue weighted by molar-refractivity contribution is 7.99. The first-order chi connectivity index (χ1) is 10.6. The molecule has 0 saturated heterocycles. The first-order valence-electron chi connectivity index (χ1n) is 6.87. The quantitative estimate of drug-likeness (QED) is 0.405. The molecular formula is C18H18O2S2. The lowest BCUT2D eigenvalue weighted by Crippen LogP contribution is -2.05. The summed E-state index contributed by atoms with van der Waals surface area (Å²) in [5, 5.41) is 0. The minimum absolute atomic E-state index is 0.273. The largest absolute Gasteiger partial charge is 0.455 e. The Labute approximate surface area is 140 Å². The van der Waals surface area contributed by atoms with Gasteiger partial charge in [0.15, 0.2) is 0 Å². The lowest BCUT2D eigenvalue weighted by Gasteiger charge is -2.12. The predicted octanol–water partition coefficient (Wildman–Crippen LogP) is 5.35. The van der Waals surface area contributed by atoms with Crippen molar-refractivity contribution in [1.29, 1.82) is 0 Å². The van der Waals surface area contributed by atoms with Gasteiger partial charge in [-0.05, 0) is 55.1 Å². The number of benzene rings is 2. The van der Waals surface area contributed by atoms with Crippen molar-refractivity contribution in [3.05, 3.63) is 66.7 Å². The van der Waals surface area contributed by atoms with Crippen LogP contribution in [0.5, 0.6) is 0 Å². The first kappa shape index (κ1) is 16.7. The molecule has 22 heavy (non-hydrogen) atoms. The van der Waals surface area contributed by atoms with Gasteiger partial charge in [0.25, 0.3) is 0 Å². The van der Waals surface area contributed by atoms with E-state index in [4.69, 9.17) is 4.74 Å². The molecule has 0 saturated carbocycles. The summed E-state index contributed by atoms with van der Waals surface area (Å²) < 4.78 is 5.20. The molecule has 1 atom stereocenters. The van der Waals surface area contributed by atoms with Gasteiger partial charge < -0.3 is 4.74 Å². The Kier molecular flexibility index (Phi) is 6.16. The SMILES string of the molecule is C=CC(=O)OC(C)c1ccc(Sc2ccc(SC)cc2)cc1. The van der Waals surface area contributed by atoms with Crippen molar-refractivity contribution < 1.29 is 9.53 Å². The van der Waals surface area contributed by atoms with Crippen LogP contribution in [-0.4, -0.2) is 12.2 Å². The number of thioether (sulfide) groups is 1. The molecule has 0 aromatic heterocycles. The Morgan fingerprint density at radius 1 is 1.05 bits per heavy atom. The summed E-state index contributed by atoms with van der Waals surface area (Å²) in [7, 11) is 0. The molecule has 2 rings (SSSR count). The fourth-order valence-electron chi connectivity index (χ4n) is 1.88. The molecule has 1 unspecified atom stereocenters.